The zero-order chi connectivity index (χ0) is 25.0. The molecule has 0 bridgehead atoms. The zero-order valence-corrected chi connectivity index (χ0v) is 21.4. The van der Waals surface area contributed by atoms with E-state index in [1.165, 1.54) is 11.1 Å². The summed E-state index contributed by atoms with van der Waals surface area (Å²) in [4.78, 5) is 18.2. The molecule has 0 amide bonds. The molecule has 0 aromatic heterocycles. The molecule has 1 aliphatic carbocycles. The van der Waals surface area contributed by atoms with Gasteiger partial charge in [-0.3, -0.25) is 4.79 Å². The summed E-state index contributed by atoms with van der Waals surface area (Å²) in [5, 5.41) is 4.38. The third-order valence-electron chi connectivity index (χ3n) is 7.21. The average Bonchev–Trinajstić information content (AvgIpc) is 2.81. The maximum atomic E-state index is 13.3. The molecule has 5 rings (SSSR count). The number of rotatable bonds is 4. The van der Waals surface area contributed by atoms with Crippen LogP contribution < -0.4 is 9.57 Å². The number of nitrogens with one attached hydrogen (secondary N) is 1. The number of ether oxygens (including phenoxy) is 1. The van der Waals surface area contributed by atoms with Crippen LogP contribution in [0.25, 0.3) is 0 Å². The van der Waals surface area contributed by atoms with Crippen molar-refractivity contribution >= 4 is 21.5 Å². The molecule has 1 atom stereocenters. The number of hydrogen-bond acceptors (Lipinski definition) is 6. The summed E-state index contributed by atoms with van der Waals surface area (Å²) in [5.41, 5.74) is 5.29. The minimum atomic E-state index is -3.85. The maximum absolute atomic E-state index is 13.3. The topological polar surface area (TPSA) is 88.1 Å². The highest BCUT2D eigenvalue weighted by Crippen LogP contribution is 2.48. The lowest BCUT2D eigenvalue weighted by Gasteiger charge is -2.48. The highest BCUT2D eigenvalue weighted by atomic mass is 32.2. The number of aryl methyl sites for hydroxylation is 1. The van der Waals surface area contributed by atoms with E-state index in [4.69, 9.17) is 4.74 Å². The Labute approximate surface area is 206 Å². The van der Waals surface area contributed by atoms with Crippen LogP contribution >= 0.6 is 0 Å². The maximum Gasteiger partial charge on any atom is 0.276 e. The SMILES string of the molecule is COc1ccc2c(c1)CCN1C3=C(C(=O)CC(C)(C)C3)/C(=N/NS(=O)(=O)c3ccc(C)cc3)CC21. The molecular weight excluding hydrogens is 462 g/mol. The van der Waals surface area contributed by atoms with Crippen LogP contribution in [0.1, 0.15) is 55.8 Å². The summed E-state index contributed by atoms with van der Waals surface area (Å²) in [7, 11) is -2.19. The smallest absolute Gasteiger partial charge is 0.276 e. The molecule has 3 aliphatic rings. The zero-order valence-electron chi connectivity index (χ0n) is 20.6. The number of benzene rings is 2. The molecular formula is C27H31N3O4S. The van der Waals surface area contributed by atoms with E-state index in [-0.39, 0.29) is 22.1 Å². The molecule has 184 valence electrons. The Balaban J connectivity index is 1.57. The number of nitrogens with zero attached hydrogens (tertiary/aromatic N) is 2. The van der Waals surface area contributed by atoms with Gasteiger partial charge < -0.3 is 9.64 Å². The highest BCUT2D eigenvalue weighted by Gasteiger charge is 2.44. The van der Waals surface area contributed by atoms with Crippen molar-refractivity contribution in [2.75, 3.05) is 13.7 Å². The van der Waals surface area contributed by atoms with Gasteiger partial charge in [-0.25, -0.2) is 0 Å². The molecule has 0 saturated carbocycles. The van der Waals surface area contributed by atoms with Crippen LogP contribution in [0, 0.1) is 12.3 Å². The number of carbonyl (C=O) groups is 1. The van der Waals surface area contributed by atoms with Gasteiger partial charge in [-0.1, -0.05) is 37.6 Å². The first kappa shape index (κ1) is 23.6. The molecule has 1 unspecified atom stereocenters. The first-order chi connectivity index (χ1) is 16.6. The summed E-state index contributed by atoms with van der Waals surface area (Å²) in [6.45, 7) is 6.92. The Morgan fingerprint density at radius 1 is 1.11 bits per heavy atom. The molecule has 7 nitrogen and oxygen atoms in total. The van der Waals surface area contributed by atoms with Gasteiger partial charge in [0.05, 0.1) is 29.3 Å². The number of sulfonamides is 1. The van der Waals surface area contributed by atoms with Crippen LogP contribution in [-0.2, 0) is 21.2 Å². The van der Waals surface area contributed by atoms with Gasteiger partial charge in [0.15, 0.2) is 5.78 Å². The number of Topliss-reactive ketones (excluding diaryl/α,β-unsaturated/α-hetero) is 1. The Morgan fingerprint density at radius 2 is 1.86 bits per heavy atom. The Hall–Kier alpha value is -3.13. The number of allylic oxidation sites excluding steroid dienone is 2. The van der Waals surface area contributed by atoms with Crippen LogP contribution in [0.2, 0.25) is 0 Å². The largest absolute Gasteiger partial charge is 0.497 e. The summed E-state index contributed by atoms with van der Waals surface area (Å²) in [6, 6.07) is 12.7. The van der Waals surface area contributed by atoms with Gasteiger partial charge in [-0.15, -0.1) is 0 Å². The van der Waals surface area contributed by atoms with Crippen LogP contribution in [0.4, 0.5) is 0 Å². The number of methoxy groups -OCH3 is 1. The molecule has 8 heteroatoms. The summed E-state index contributed by atoms with van der Waals surface area (Å²) < 4.78 is 31.3. The standard InChI is InChI=1S/C27H31N3O4S/c1-17-5-8-20(9-6-17)35(32,33)29-28-22-14-23-21-10-7-19(34-4)13-18(21)11-12-30(23)24-15-27(2,3)16-25(31)26(22)24/h5-10,13,23,29H,11-12,14-16H2,1-4H3/b28-22+. The minimum absolute atomic E-state index is 0.00673. The first-order valence-corrected chi connectivity index (χ1v) is 13.4. The second kappa shape index (κ2) is 8.52. The number of hydrogen-bond donors (Lipinski definition) is 1. The highest BCUT2D eigenvalue weighted by molar-refractivity contribution is 7.89. The van der Waals surface area contributed by atoms with Crippen LogP contribution in [0.3, 0.4) is 0 Å². The van der Waals surface area contributed by atoms with Crippen LogP contribution in [0.15, 0.2) is 63.7 Å². The van der Waals surface area contributed by atoms with E-state index >= 15 is 0 Å². The molecule has 35 heavy (non-hydrogen) atoms. The van der Waals surface area contributed by atoms with Crippen LogP contribution in [0.5, 0.6) is 5.75 Å². The van der Waals surface area contributed by atoms with E-state index in [0.717, 1.165) is 36.4 Å². The van der Waals surface area contributed by atoms with Gasteiger partial charge >= 0.3 is 0 Å². The fourth-order valence-electron chi connectivity index (χ4n) is 5.49. The van der Waals surface area contributed by atoms with Crippen molar-refractivity contribution in [3.05, 3.63) is 70.4 Å². The van der Waals surface area contributed by atoms with Crippen molar-refractivity contribution < 1.29 is 17.9 Å². The molecule has 2 aromatic carbocycles. The fourth-order valence-corrected chi connectivity index (χ4v) is 6.32. The summed E-state index contributed by atoms with van der Waals surface area (Å²) in [6.07, 6.45) is 2.49. The quantitative estimate of drug-likeness (QED) is 0.642. The molecule has 0 saturated heterocycles. The van der Waals surface area contributed by atoms with Gasteiger partial charge in [0, 0.05) is 25.1 Å². The van der Waals surface area contributed by atoms with Crippen molar-refractivity contribution in [1.82, 2.24) is 9.73 Å². The number of hydrazone groups is 1. The third-order valence-corrected chi connectivity index (χ3v) is 8.44. The van der Waals surface area contributed by atoms with Gasteiger partial charge in [0.25, 0.3) is 10.0 Å². The third kappa shape index (κ3) is 4.35. The van der Waals surface area contributed by atoms with Crippen LogP contribution in [-0.4, -0.2) is 38.5 Å². The predicted octanol–water partition coefficient (Wildman–Crippen LogP) is 4.28. The molecule has 2 aliphatic heterocycles. The number of carbonyl (C=O) groups excluding carboxylic acids is 1. The van der Waals surface area contributed by atoms with Gasteiger partial charge in [-0.05, 0) is 60.6 Å². The van der Waals surface area contributed by atoms with E-state index < -0.39 is 10.0 Å². The van der Waals surface area contributed by atoms with Crippen molar-refractivity contribution in [3.63, 3.8) is 0 Å². The second-order valence-corrected chi connectivity index (χ2v) is 12.1. The van der Waals surface area contributed by atoms with Crippen molar-refractivity contribution in [2.45, 2.75) is 57.4 Å². The van der Waals surface area contributed by atoms with Gasteiger partial charge in [0.1, 0.15) is 5.75 Å². The lowest BCUT2D eigenvalue weighted by atomic mass is 9.71. The molecule has 0 fully saturated rings. The Kier molecular flexibility index (Phi) is 5.74. The van der Waals surface area contributed by atoms with E-state index in [1.807, 2.05) is 13.0 Å². The lowest BCUT2D eigenvalue weighted by Crippen LogP contribution is -2.46. The number of fused-ring (bicyclic) bond motifs is 4. The molecule has 1 N–H and O–H groups in total. The van der Waals surface area contributed by atoms with E-state index in [2.05, 4.69) is 40.8 Å². The number of ketones is 1. The first-order valence-electron chi connectivity index (χ1n) is 11.9. The monoisotopic (exact) mass is 493 g/mol. The average molecular weight is 494 g/mol. The summed E-state index contributed by atoms with van der Waals surface area (Å²) >= 11 is 0. The summed E-state index contributed by atoms with van der Waals surface area (Å²) in [5.74, 6) is 0.852. The Bertz CT molecular complexity index is 1360. The van der Waals surface area contributed by atoms with E-state index in [0.29, 0.717) is 24.1 Å². The van der Waals surface area contributed by atoms with Crippen molar-refractivity contribution in [1.29, 1.82) is 0 Å². The molecule has 0 spiro atoms. The van der Waals surface area contributed by atoms with Crippen molar-refractivity contribution in [2.24, 2.45) is 10.5 Å². The predicted molar refractivity (Wildman–Crippen MR) is 135 cm³/mol. The molecule has 0 radical (unpaired) electrons. The minimum Gasteiger partial charge on any atom is -0.497 e. The van der Waals surface area contributed by atoms with E-state index in [1.54, 1.807) is 31.4 Å². The Morgan fingerprint density at radius 3 is 2.57 bits per heavy atom. The molecule has 2 heterocycles. The van der Waals surface area contributed by atoms with Gasteiger partial charge in [0.2, 0.25) is 0 Å². The molecule has 2 aromatic rings. The normalized spacial score (nSPS) is 22.4. The lowest BCUT2D eigenvalue weighted by molar-refractivity contribution is -0.118. The second-order valence-electron chi connectivity index (χ2n) is 10.5. The van der Waals surface area contributed by atoms with Gasteiger partial charge in [-0.2, -0.15) is 18.4 Å². The fraction of sp³-hybridized carbons (Fsp3) is 0.407. The van der Waals surface area contributed by atoms with E-state index in [9.17, 15) is 13.2 Å². The van der Waals surface area contributed by atoms with Crippen molar-refractivity contribution in [3.8, 4) is 5.75 Å².